The highest BCUT2D eigenvalue weighted by molar-refractivity contribution is 6.36. The van der Waals surface area contributed by atoms with Gasteiger partial charge in [0.1, 0.15) is 0 Å². The van der Waals surface area contributed by atoms with Gasteiger partial charge >= 0.3 is 0 Å². The molecule has 1 saturated heterocycles. The maximum Gasteiger partial charge on any atom is 0.287 e. The molecule has 2 amide bonds. The Balaban J connectivity index is 1.77. The summed E-state index contributed by atoms with van der Waals surface area (Å²) >= 11 is 0. The molecule has 0 unspecified atom stereocenters. The van der Waals surface area contributed by atoms with Crippen LogP contribution in [-0.4, -0.2) is 55.2 Å². The van der Waals surface area contributed by atoms with Gasteiger partial charge in [0.25, 0.3) is 5.91 Å². The van der Waals surface area contributed by atoms with Gasteiger partial charge in [0.2, 0.25) is 11.7 Å². The quantitative estimate of drug-likeness (QED) is 0.794. The molecule has 1 N–H and O–H groups in total. The molecule has 0 aromatic heterocycles. The monoisotopic (exact) mass is 331 g/mol. The van der Waals surface area contributed by atoms with E-state index in [4.69, 9.17) is 0 Å². The van der Waals surface area contributed by atoms with Gasteiger partial charge in [-0.05, 0) is 25.5 Å². The van der Waals surface area contributed by atoms with E-state index >= 15 is 0 Å². The number of nitrogens with one attached hydrogen (secondary N) is 1. The number of aryl methyl sites for hydroxylation is 1. The van der Waals surface area contributed by atoms with Gasteiger partial charge in [0.05, 0.1) is 6.54 Å². The van der Waals surface area contributed by atoms with Gasteiger partial charge in [0, 0.05) is 38.3 Å². The van der Waals surface area contributed by atoms with Gasteiger partial charge in [-0.1, -0.05) is 24.6 Å². The molecular formula is C18H25N3O3. The van der Waals surface area contributed by atoms with E-state index in [1.54, 1.807) is 4.90 Å². The first kappa shape index (κ1) is 18.0. The van der Waals surface area contributed by atoms with Crippen LogP contribution in [0.25, 0.3) is 0 Å². The minimum Gasteiger partial charge on any atom is -0.368 e. The topological polar surface area (TPSA) is 69.7 Å². The number of carbonyl (C=O) groups excluding carboxylic acids is 3. The number of carbonyl (C=O) groups is 3. The van der Waals surface area contributed by atoms with Gasteiger partial charge in [0.15, 0.2) is 0 Å². The van der Waals surface area contributed by atoms with Crippen LogP contribution in [0.4, 0.5) is 5.69 Å². The lowest BCUT2D eigenvalue weighted by Crippen LogP contribution is -2.51. The first-order chi connectivity index (χ1) is 11.5. The zero-order chi connectivity index (χ0) is 17.5. The third-order valence-corrected chi connectivity index (χ3v) is 4.16. The first-order valence-corrected chi connectivity index (χ1v) is 8.41. The molecule has 1 heterocycles. The summed E-state index contributed by atoms with van der Waals surface area (Å²) in [5.41, 5.74) is 2.38. The van der Waals surface area contributed by atoms with Crippen LogP contribution in [0.15, 0.2) is 24.3 Å². The minimum absolute atomic E-state index is 0.112. The summed E-state index contributed by atoms with van der Waals surface area (Å²) in [5.74, 6) is -1.27. The second kappa shape index (κ2) is 8.47. The summed E-state index contributed by atoms with van der Waals surface area (Å²) in [6, 6.07) is 8.34. The number of ketones is 1. The van der Waals surface area contributed by atoms with Crippen LogP contribution in [-0.2, 0) is 14.4 Å². The van der Waals surface area contributed by atoms with Crippen molar-refractivity contribution < 1.29 is 14.4 Å². The summed E-state index contributed by atoms with van der Waals surface area (Å²) < 4.78 is 0. The van der Waals surface area contributed by atoms with Crippen molar-refractivity contribution in [1.29, 1.82) is 0 Å². The minimum atomic E-state index is -0.663. The van der Waals surface area contributed by atoms with E-state index in [9.17, 15) is 14.4 Å². The van der Waals surface area contributed by atoms with Crippen LogP contribution in [0.1, 0.15) is 25.3 Å². The molecule has 1 aliphatic heterocycles. The van der Waals surface area contributed by atoms with Gasteiger partial charge < -0.3 is 15.1 Å². The molecular weight excluding hydrogens is 306 g/mol. The second-order valence-corrected chi connectivity index (χ2v) is 6.06. The molecule has 0 spiro atoms. The lowest BCUT2D eigenvalue weighted by Gasteiger charge is -2.36. The lowest BCUT2D eigenvalue weighted by atomic mass is 10.2. The van der Waals surface area contributed by atoms with E-state index in [0.29, 0.717) is 19.5 Å². The van der Waals surface area contributed by atoms with Crippen molar-refractivity contribution in [1.82, 2.24) is 10.2 Å². The van der Waals surface area contributed by atoms with E-state index in [2.05, 4.69) is 41.4 Å². The smallest absolute Gasteiger partial charge is 0.287 e. The molecule has 24 heavy (non-hydrogen) atoms. The average molecular weight is 331 g/mol. The van der Waals surface area contributed by atoms with Crippen molar-refractivity contribution in [2.45, 2.75) is 26.7 Å². The van der Waals surface area contributed by atoms with Crippen LogP contribution in [0.2, 0.25) is 0 Å². The van der Waals surface area contributed by atoms with E-state index < -0.39 is 11.7 Å². The predicted octanol–water partition coefficient (Wildman–Crippen LogP) is 1.13. The molecule has 1 aliphatic rings. The zero-order valence-electron chi connectivity index (χ0n) is 14.4. The molecule has 0 saturated carbocycles. The van der Waals surface area contributed by atoms with E-state index in [0.717, 1.165) is 18.8 Å². The van der Waals surface area contributed by atoms with Crippen LogP contribution >= 0.6 is 0 Å². The van der Waals surface area contributed by atoms with Gasteiger partial charge in [-0.3, -0.25) is 14.4 Å². The highest BCUT2D eigenvalue weighted by Gasteiger charge is 2.22. The highest BCUT2D eigenvalue weighted by Crippen LogP contribution is 2.17. The van der Waals surface area contributed by atoms with Gasteiger partial charge in [-0.15, -0.1) is 0 Å². The Kier molecular flexibility index (Phi) is 6.35. The lowest BCUT2D eigenvalue weighted by molar-refractivity contribution is -0.139. The van der Waals surface area contributed by atoms with Crippen LogP contribution < -0.4 is 10.2 Å². The molecule has 0 atom stereocenters. The Morgan fingerprint density at radius 3 is 2.25 bits per heavy atom. The zero-order valence-corrected chi connectivity index (χ0v) is 14.4. The Labute approximate surface area is 142 Å². The number of Topliss-reactive ketones (excluding diaryl/α,β-unsaturated/α-hetero) is 1. The fourth-order valence-electron chi connectivity index (χ4n) is 2.68. The summed E-state index contributed by atoms with van der Waals surface area (Å²) in [6.45, 7) is 6.54. The van der Waals surface area contributed by atoms with Gasteiger partial charge in [-0.2, -0.15) is 0 Å². The normalized spacial score (nSPS) is 14.4. The number of amides is 2. The highest BCUT2D eigenvalue weighted by atomic mass is 16.2. The number of nitrogens with zero attached hydrogens (tertiary/aromatic N) is 2. The van der Waals surface area contributed by atoms with E-state index in [-0.39, 0.29) is 18.9 Å². The molecule has 130 valence electrons. The van der Waals surface area contributed by atoms with Crippen LogP contribution in [0, 0.1) is 6.92 Å². The van der Waals surface area contributed by atoms with Crippen LogP contribution in [0.5, 0.6) is 0 Å². The molecule has 1 aromatic rings. The molecule has 1 aromatic carbocycles. The van der Waals surface area contributed by atoms with Crippen molar-refractivity contribution in [2.24, 2.45) is 0 Å². The molecule has 1 fully saturated rings. The van der Waals surface area contributed by atoms with Crippen molar-refractivity contribution >= 4 is 23.3 Å². The number of hydrogen-bond acceptors (Lipinski definition) is 4. The molecule has 6 nitrogen and oxygen atoms in total. The maximum absolute atomic E-state index is 12.2. The Morgan fingerprint density at radius 1 is 1.04 bits per heavy atom. The van der Waals surface area contributed by atoms with E-state index in [1.807, 2.05) is 6.92 Å². The van der Waals surface area contributed by atoms with Crippen LogP contribution in [0.3, 0.4) is 0 Å². The summed E-state index contributed by atoms with van der Waals surface area (Å²) in [7, 11) is 0. The third-order valence-electron chi connectivity index (χ3n) is 4.16. The number of anilines is 1. The standard InChI is InChI=1S/C18H25N3O3/c1-3-4-16(22)18(24)19-13-17(23)21-11-9-20(10-12-21)15-7-5-14(2)6-8-15/h5-8H,3-4,9-13H2,1-2H3,(H,19,24). The largest absolute Gasteiger partial charge is 0.368 e. The first-order valence-electron chi connectivity index (χ1n) is 8.41. The average Bonchev–Trinajstić information content (AvgIpc) is 2.60. The fraction of sp³-hybridized carbons (Fsp3) is 0.500. The summed E-state index contributed by atoms with van der Waals surface area (Å²) in [5, 5.41) is 2.42. The van der Waals surface area contributed by atoms with Crippen molar-refractivity contribution in [2.75, 3.05) is 37.6 Å². The van der Waals surface area contributed by atoms with Gasteiger partial charge in [-0.25, -0.2) is 0 Å². The predicted molar refractivity (Wildman–Crippen MR) is 92.9 cm³/mol. The molecule has 6 heteroatoms. The molecule has 0 radical (unpaired) electrons. The van der Waals surface area contributed by atoms with E-state index in [1.165, 1.54) is 5.56 Å². The Bertz CT molecular complexity index is 590. The molecule has 0 bridgehead atoms. The number of rotatable bonds is 6. The Morgan fingerprint density at radius 2 is 1.67 bits per heavy atom. The van der Waals surface area contributed by atoms with Crippen molar-refractivity contribution in [3.63, 3.8) is 0 Å². The number of piperazine rings is 1. The summed E-state index contributed by atoms with van der Waals surface area (Å²) in [6.07, 6.45) is 0.844. The third kappa shape index (κ3) is 4.81. The second-order valence-electron chi connectivity index (χ2n) is 6.06. The number of benzene rings is 1. The van der Waals surface area contributed by atoms with Crippen molar-refractivity contribution in [3.05, 3.63) is 29.8 Å². The SMILES string of the molecule is CCCC(=O)C(=O)NCC(=O)N1CCN(c2ccc(C)cc2)CC1. The maximum atomic E-state index is 12.2. The molecule has 2 rings (SSSR count). The Hall–Kier alpha value is -2.37. The molecule has 0 aliphatic carbocycles. The number of hydrogen-bond donors (Lipinski definition) is 1. The summed E-state index contributed by atoms with van der Waals surface area (Å²) in [4.78, 5) is 39.1. The fourth-order valence-corrected chi connectivity index (χ4v) is 2.68. The van der Waals surface area contributed by atoms with Crippen molar-refractivity contribution in [3.8, 4) is 0 Å².